The molecule has 0 radical (unpaired) electrons. The van der Waals surface area contributed by atoms with Crippen LogP contribution >= 0.6 is 22.7 Å². The Balaban J connectivity index is 1.67. The van der Waals surface area contributed by atoms with Crippen molar-refractivity contribution in [2.45, 2.75) is 45.9 Å². The first-order valence-electron chi connectivity index (χ1n) is 8.04. The highest BCUT2D eigenvalue weighted by molar-refractivity contribution is 7.16. The van der Waals surface area contributed by atoms with Crippen LogP contribution in [-0.4, -0.2) is 23.4 Å². The summed E-state index contributed by atoms with van der Waals surface area (Å²) in [5.41, 5.74) is 3.37. The van der Waals surface area contributed by atoms with Crippen LogP contribution < -0.4 is 10.6 Å². The molecule has 0 saturated carbocycles. The molecule has 1 atom stereocenters. The molecule has 2 aromatic heterocycles. The summed E-state index contributed by atoms with van der Waals surface area (Å²) in [5, 5.41) is 9.81. The van der Waals surface area contributed by atoms with Gasteiger partial charge in [-0.25, -0.2) is 0 Å². The second-order valence-corrected chi connectivity index (χ2v) is 8.59. The van der Waals surface area contributed by atoms with E-state index in [0.29, 0.717) is 6.04 Å². The molecule has 2 aliphatic heterocycles. The summed E-state index contributed by atoms with van der Waals surface area (Å²) in [7, 11) is 0. The van der Waals surface area contributed by atoms with E-state index >= 15 is 0 Å². The van der Waals surface area contributed by atoms with Crippen LogP contribution in [0.4, 0.5) is 5.00 Å². The molecule has 2 aliphatic rings. The lowest BCUT2D eigenvalue weighted by Crippen LogP contribution is -2.39. The number of carbonyl (C=O) groups is 1. The minimum atomic E-state index is -0.101. The third kappa shape index (κ3) is 2.49. The van der Waals surface area contributed by atoms with Gasteiger partial charge < -0.3 is 10.6 Å². The van der Waals surface area contributed by atoms with Crippen molar-refractivity contribution in [3.63, 3.8) is 0 Å². The molecule has 0 unspecified atom stereocenters. The first-order valence-corrected chi connectivity index (χ1v) is 9.74. The van der Waals surface area contributed by atoms with Crippen LogP contribution in [0.2, 0.25) is 0 Å². The van der Waals surface area contributed by atoms with E-state index in [9.17, 15) is 4.79 Å². The molecular weight excluding hydrogens is 326 g/mol. The molecule has 0 bridgehead atoms. The maximum atomic E-state index is 12.7. The molecule has 4 nitrogen and oxygen atoms in total. The molecular formula is C17H21N3OS2. The summed E-state index contributed by atoms with van der Waals surface area (Å²) in [6.45, 7) is 8.56. The molecule has 0 saturated heterocycles. The number of hydrogen-bond donors (Lipinski definition) is 2. The first kappa shape index (κ1) is 15.2. The molecule has 2 aromatic rings. The van der Waals surface area contributed by atoms with Crippen molar-refractivity contribution in [1.82, 2.24) is 10.2 Å². The fourth-order valence-corrected chi connectivity index (χ4v) is 5.61. The Kier molecular flexibility index (Phi) is 3.70. The van der Waals surface area contributed by atoms with Gasteiger partial charge >= 0.3 is 0 Å². The molecule has 4 rings (SSSR count). The smallest absolute Gasteiger partial charge is 0.256 e. The van der Waals surface area contributed by atoms with Crippen LogP contribution in [-0.2, 0) is 13.0 Å². The van der Waals surface area contributed by atoms with Crippen LogP contribution in [0, 0.1) is 6.92 Å². The van der Waals surface area contributed by atoms with Crippen molar-refractivity contribution in [1.29, 1.82) is 0 Å². The highest BCUT2D eigenvalue weighted by Crippen LogP contribution is 2.41. The summed E-state index contributed by atoms with van der Waals surface area (Å²) in [5.74, 6) is 0.0760. The van der Waals surface area contributed by atoms with E-state index < -0.39 is 0 Å². The highest BCUT2D eigenvalue weighted by atomic mass is 32.1. The van der Waals surface area contributed by atoms with Gasteiger partial charge in [0.2, 0.25) is 0 Å². The van der Waals surface area contributed by atoms with Gasteiger partial charge in [-0.2, -0.15) is 0 Å². The minimum Gasteiger partial charge on any atom is -0.352 e. The number of hydrogen-bond acceptors (Lipinski definition) is 5. The fourth-order valence-electron chi connectivity index (χ4n) is 3.39. The zero-order valence-electron chi connectivity index (χ0n) is 13.6. The van der Waals surface area contributed by atoms with Gasteiger partial charge in [0.15, 0.2) is 0 Å². The van der Waals surface area contributed by atoms with Crippen LogP contribution in [0.15, 0.2) is 11.4 Å². The van der Waals surface area contributed by atoms with Gasteiger partial charge in [-0.1, -0.05) is 0 Å². The number of carbonyl (C=O) groups excluding carboxylic acids is 1. The van der Waals surface area contributed by atoms with E-state index in [-0.39, 0.29) is 12.1 Å². The Morgan fingerprint density at radius 2 is 2.17 bits per heavy atom. The Morgan fingerprint density at radius 3 is 2.87 bits per heavy atom. The van der Waals surface area contributed by atoms with Crippen molar-refractivity contribution in [2.75, 3.05) is 11.9 Å². The number of amides is 1. The van der Waals surface area contributed by atoms with Gasteiger partial charge in [-0.15, -0.1) is 22.7 Å². The van der Waals surface area contributed by atoms with Crippen molar-refractivity contribution in [3.05, 3.63) is 37.9 Å². The van der Waals surface area contributed by atoms with Crippen molar-refractivity contribution in [2.24, 2.45) is 0 Å². The fraction of sp³-hybridized carbons (Fsp3) is 0.471. The number of anilines is 1. The van der Waals surface area contributed by atoms with Crippen LogP contribution in [0.1, 0.15) is 51.3 Å². The summed E-state index contributed by atoms with van der Waals surface area (Å²) in [6, 6.07) is 2.65. The van der Waals surface area contributed by atoms with Gasteiger partial charge in [-0.05, 0) is 49.8 Å². The van der Waals surface area contributed by atoms with E-state index in [2.05, 4.69) is 47.8 Å². The lowest BCUT2D eigenvalue weighted by atomic mass is 10.00. The lowest BCUT2D eigenvalue weighted by Gasteiger charge is -2.30. The van der Waals surface area contributed by atoms with Gasteiger partial charge in [0, 0.05) is 28.9 Å². The zero-order chi connectivity index (χ0) is 16.1. The van der Waals surface area contributed by atoms with Gasteiger partial charge in [0.1, 0.15) is 11.2 Å². The monoisotopic (exact) mass is 347 g/mol. The SMILES string of the molecule is Cc1ccsc1[C@H]1NC(=O)c2c(sc3c2CCN(C(C)C)C3)N1. The summed E-state index contributed by atoms with van der Waals surface area (Å²) in [4.78, 5) is 17.7. The Bertz CT molecular complexity index is 762. The quantitative estimate of drug-likeness (QED) is 0.870. The van der Waals surface area contributed by atoms with Crippen LogP contribution in [0.5, 0.6) is 0 Å². The molecule has 23 heavy (non-hydrogen) atoms. The Hall–Kier alpha value is -1.37. The summed E-state index contributed by atoms with van der Waals surface area (Å²) in [6.07, 6.45) is 0.869. The molecule has 0 aliphatic carbocycles. The third-order valence-electron chi connectivity index (χ3n) is 4.76. The predicted molar refractivity (Wildman–Crippen MR) is 96.5 cm³/mol. The van der Waals surface area contributed by atoms with Crippen LogP contribution in [0.3, 0.4) is 0 Å². The Morgan fingerprint density at radius 1 is 1.35 bits per heavy atom. The lowest BCUT2D eigenvalue weighted by molar-refractivity contribution is 0.0935. The normalized spacial score (nSPS) is 20.9. The maximum absolute atomic E-state index is 12.7. The molecule has 4 heterocycles. The summed E-state index contributed by atoms with van der Waals surface area (Å²) < 4.78 is 0. The largest absolute Gasteiger partial charge is 0.352 e. The molecule has 122 valence electrons. The molecule has 0 spiro atoms. The number of fused-ring (bicyclic) bond motifs is 3. The van der Waals surface area contributed by atoms with E-state index in [1.807, 2.05) is 0 Å². The zero-order valence-corrected chi connectivity index (χ0v) is 15.2. The molecule has 2 N–H and O–H groups in total. The maximum Gasteiger partial charge on any atom is 0.256 e. The summed E-state index contributed by atoms with van der Waals surface area (Å²) >= 11 is 3.45. The Labute approximate surface area is 144 Å². The van der Waals surface area contributed by atoms with Crippen molar-refractivity contribution >= 4 is 33.6 Å². The van der Waals surface area contributed by atoms with E-state index in [4.69, 9.17) is 0 Å². The van der Waals surface area contributed by atoms with E-state index in [1.165, 1.54) is 20.9 Å². The molecule has 6 heteroatoms. The number of rotatable bonds is 2. The van der Waals surface area contributed by atoms with Gasteiger partial charge in [0.25, 0.3) is 5.91 Å². The third-order valence-corrected chi connectivity index (χ3v) is 6.99. The van der Waals surface area contributed by atoms with Crippen molar-refractivity contribution < 1.29 is 4.79 Å². The van der Waals surface area contributed by atoms with E-state index in [1.54, 1.807) is 22.7 Å². The topological polar surface area (TPSA) is 44.4 Å². The van der Waals surface area contributed by atoms with Crippen molar-refractivity contribution in [3.8, 4) is 0 Å². The number of nitrogens with one attached hydrogen (secondary N) is 2. The number of aryl methyl sites for hydroxylation is 1. The highest BCUT2D eigenvalue weighted by Gasteiger charge is 2.34. The predicted octanol–water partition coefficient (Wildman–Crippen LogP) is 3.74. The molecule has 0 fully saturated rings. The second-order valence-electron chi connectivity index (χ2n) is 6.54. The molecule has 0 aromatic carbocycles. The molecule has 1 amide bonds. The average molecular weight is 348 g/mol. The van der Waals surface area contributed by atoms with Gasteiger partial charge in [-0.3, -0.25) is 9.69 Å². The van der Waals surface area contributed by atoms with Gasteiger partial charge in [0.05, 0.1) is 5.56 Å². The second kappa shape index (κ2) is 5.61. The standard InChI is InChI=1S/C17H21N3OS2/c1-9(2)20-6-4-11-12(8-20)23-17-13(11)16(21)18-15(19-17)14-10(3)5-7-22-14/h5,7,9,15,19H,4,6,8H2,1-3H3,(H,18,21)/t15-/m0/s1. The first-order chi connectivity index (χ1) is 11.0. The number of nitrogens with zero attached hydrogens (tertiary/aromatic N) is 1. The average Bonchev–Trinajstić information content (AvgIpc) is 3.09. The minimum absolute atomic E-state index is 0.0760. The van der Waals surface area contributed by atoms with E-state index in [0.717, 1.165) is 30.1 Å². The number of thiophene rings is 2. The van der Waals surface area contributed by atoms with Crippen LogP contribution in [0.25, 0.3) is 0 Å².